The lowest BCUT2D eigenvalue weighted by atomic mass is 9.64. The minimum atomic E-state index is -0.151. The molecule has 0 spiro atoms. The molecule has 138 valence electrons. The summed E-state index contributed by atoms with van der Waals surface area (Å²) in [5, 5.41) is 5.95. The highest BCUT2D eigenvalue weighted by Gasteiger charge is 2.38. The van der Waals surface area contributed by atoms with Gasteiger partial charge in [0.25, 0.3) is 0 Å². The SMILES string of the molecule is COc1ccc(CNC(=O)NCC2(c3ccccc3)CCC2)cc1OC. The van der Waals surface area contributed by atoms with Crippen molar-refractivity contribution in [2.45, 2.75) is 31.2 Å². The third-order valence-corrected chi connectivity index (χ3v) is 5.19. The highest BCUT2D eigenvalue weighted by molar-refractivity contribution is 5.74. The fourth-order valence-electron chi connectivity index (χ4n) is 3.45. The molecule has 0 aromatic heterocycles. The molecular formula is C21H26N2O3. The van der Waals surface area contributed by atoms with E-state index in [0.717, 1.165) is 18.4 Å². The van der Waals surface area contributed by atoms with Crippen molar-refractivity contribution < 1.29 is 14.3 Å². The van der Waals surface area contributed by atoms with Gasteiger partial charge in [-0.15, -0.1) is 0 Å². The second-order valence-corrected chi connectivity index (χ2v) is 6.73. The maximum absolute atomic E-state index is 12.2. The van der Waals surface area contributed by atoms with Crippen LogP contribution in [0.1, 0.15) is 30.4 Å². The number of urea groups is 1. The molecule has 2 aromatic carbocycles. The number of nitrogens with one attached hydrogen (secondary N) is 2. The molecule has 0 radical (unpaired) electrons. The molecule has 5 nitrogen and oxygen atoms in total. The van der Waals surface area contributed by atoms with Crippen LogP contribution in [-0.2, 0) is 12.0 Å². The van der Waals surface area contributed by atoms with Crippen LogP contribution in [0.4, 0.5) is 4.79 Å². The first-order chi connectivity index (χ1) is 12.7. The van der Waals surface area contributed by atoms with E-state index in [0.29, 0.717) is 24.6 Å². The average molecular weight is 354 g/mol. The van der Waals surface area contributed by atoms with Crippen LogP contribution in [0, 0.1) is 0 Å². The van der Waals surface area contributed by atoms with Gasteiger partial charge in [-0.3, -0.25) is 0 Å². The third-order valence-electron chi connectivity index (χ3n) is 5.19. The standard InChI is InChI=1S/C21H26N2O3/c1-25-18-10-9-16(13-19(18)26-2)14-22-20(24)23-15-21(11-6-12-21)17-7-4-3-5-8-17/h3-5,7-10,13H,6,11-12,14-15H2,1-2H3,(H2,22,23,24). The summed E-state index contributed by atoms with van der Waals surface area (Å²) in [4.78, 5) is 12.2. The fourth-order valence-corrected chi connectivity index (χ4v) is 3.45. The van der Waals surface area contributed by atoms with Gasteiger partial charge in [0.05, 0.1) is 14.2 Å². The molecular weight excluding hydrogens is 328 g/mol. The molecule has 3 rings (SSSR count). The Morgan fingerprint density at radius 2 is 1.73 bits per heavy atom. The highest BCUT2D eigenvalue weighted by Crippen LogP contribution is 2.43. The summed E-state index contributed by atoms with van der Waals surface area (Å²) in [5.74, 6) is 1.33. The Kier molecular flexibility index (Phi) is 5.66. The molecule has 0 bridgehead atoms. The molecule has 1 aliphatic rings. The Morgan fingerprint density at radius 3 is 2.35 bits per heavy atom. The van der Waals surface area contributed by atoms with Gasteiger partial charge in [0.1, 0.15) is 0 Å². The molecule has 2 amide bonds. The van der Waals surface area contributed by atoms with E-state index in [2.05, 4.69) is 34.9 Å². The largest absolute Gasteiger partial charge is 0.493 e. The lowest BCUT2D eigenvalue weighted by molar-refractivity contribution is 0.214. The van der Waals surface area contributed by atoms with Crippen molar-refractivity contribution in [1.82, 2.24) is 10.6 Å². The quantitative estimate of drug-likeness (QED) is 0.798. The fraction of sp³-hybridized carbons (Fsp3) is 0.381. The van der Waals surface area contributed by atoms with Crippen LogP contribution in [-0.4, -0.2) is 26.8 Å². The molecule has 26 heavy (non-hydrogen) atoms. The van der Waals surface area contributed by atoms with Crippen molar-refractivity contribution in [2.75, 3.05) is 20.8 Å². The van der Waals surface area contributed by atoms with E-state index >= 15 is 0 Å². The van der Waals surface area contributed by atoms with Crippen molar-refractivity contribution in [2.24, 2.45) is 0 Å². The van der Waals surface area contributed by atoms with E-state index < -0.39 is 0 Å². The van der Waals surface area contributed by atoms with Gasteiger partial charge in [-0.25, -0.2) is 4.79 Å². The van der Waals surface area contributed by atoms with Crippen molar-refractivity contribution >= 4 is 6.03 Å². The predicted molar refractivity (Wildman–Crippen MR) is 102 cm³/mol. The highest BCUT2D eigenvalue weighted by atomic mass is 16.5. The van der Waals surface area contributed by atoms with Crippen LogP contribution < -0.4 is 20.1 Å². The summed E-state index contributed by atoms with van der Waals surface area (Å²) in [6.07, 6.45) is 3.45. The smallest absolute Gasteiger partial charge is 0.315 e. The number of carbonyl (C=O) groups is 1. The summed E-state index contributed by atoms with van der Waals surface area (Å²) in [6, 6.07) is 15.9. The van der Waals surface area contributed by atoms with Gasteiger partial charge in [0.15, 0.2) is 11.5 Å². The van der Waals surface area contributed by atoms with Crippen LogP contribution in [0.25, 0.3) is 0 Å². The van der Waals surface area contributed by atoms with Crippen LogP contribution in [0.5, 0.6) is 11.5 Å². The van der Waals surface area contributed by atoms with E-state index in [1.54, 1.807) is 14.2 Å². The zero-order chi connectivity index (χ0) is 18.4. The Bertz CT molecular complexity index is 742. The summed E-state index contributed by atoms with van der Waals surface area (Å²) in [6.45, 7) is 1.10. The number of hydrogen-bond acceptors (Lipinski definition) is 3. The first-order valence-corrected chi connectivity index (χ1v) is 8.95. The van der Waals surface area contributed by atoms with Gasteiger partial charge in [-0.05, 0) is 36.1 Å². The van der Waals surface area contributed by atoms with Crippen LogP contribution in [0.15, 0.2) is 48.5 Å². The van der Waals surface area contributed by atoms with Crippen molar-refractivity contribution in [3.05, 3.63) is 59.7 Å². The number of hydrogen-bond donors (Lipinski definition) is 2. The molecule has 0 saturated heterocycles. The zero-order valence-corrected chi connectivity index (χ0v) is 15.4. The Morgan fingerprint density at radius 1 is 1.00 bits per heavy atom. The maximum atomic E-state index is 12.2. The first-order valence-electron chi connectivity index (χ1n) is 8.95. The van der Waals surface area contributed by atoms with Gasteiger partial charge < -0.3 is 20.1 Å². The van der Waals surface area contributed by atoms with Gasteiger partial charge in [0, 0.05) is 18.5 Å². The molecule has 1 aliphatic carbocycles. The topological polar surface area (TPSA) is 59.6 Å². The van der Waals surface area contributed by atoms with Gasteiger partial charge in [-0.2, -0.15) is 0 Å². The Labute approximate surface area is 154 Å². The van der Waals surface area contributed by atoms with E-state index in [-0.39, 0.29) is 11.4 Å². The second-order valence-electron chi connectivity index (χ2n) is 6.73. The molecule has 2 N–H and O–H groups in total. The van der Waals surface area contributed by atoms with Gasteiger partial charge >= 0.3 is 6.03 Å². The minimum Gasteiger partial charge on any atom is -0.493 e. The molecule has 5 heteroatoms. The molecule has 0 aliphatic heterocycles. The summed E-state index contributed by atoms with van der Waals surface area (Å²) in [7, 11) is 3.20. The molecule has 2 aromatic rings. The molecule has 1 fully saturated rings. The third kappa shape index (κ3) is 3.93. The Balaban J connectivity index is 1.53. The van der Waals surface area contributed by atoms with E-state index in [4.69, 9.17) is 9.47 Å². The molecule has 0 atom stereocenters. The molecule has 0 unspecified atom stereocenters. The van der Waals surface area contributed by atoms with Crippen molar-refractivity contribution in [1.29, 1.82) is 0 Å². The van der Waals surface area contributed by atoms with Gasteiger partial charge in [0.2, 0.25) is 0 Å². The molecule has 0 heterocycles. The number of methoxy groups -OCH3 is 2. The van der Waals surface area contributed by atoms with E-state index in [9.17, 15) is 4.79 Å². The number of carbonyl (C=O) groups excluding carboxylic acids is 1. The maximum Gasteiger partial charge on any atom is 0.315 e. The van der Waals surface area contributed by atoms with Crippen LogP contribution in [0.2, 0.25) is 0 Å². The summed E-state index contributed by atoms with van der Waals surface area (Å²) in [5.41, 5.74) is 2.35. The van der Waals surface area contributed by atoms with Gasteiger partial charge in [-0.1, -0.05) is 42.8 Å². The van der Waals surface area contributed by atoms with Crippen molar-refractivity contribution in [3.63, 3.8) is 0 Å². The predicted octanol–water partition coefficient (Wildman–Crippen LogP) is 3.62. The minimum absolute atomic E-state index is 0.0853. The normalized spacial score (nSPS) is 14.8. The summed E-state index contributed by atoms with van der Waals surface area (Å²) >= 11 is 0. The van der Waals surface area contributed by atoms with E-state index in [1.807, 2.05) is 24.3 Å². The Hall–Kier alpha value is -2.69. The zero-order valence-electron chi connectivity index (χ0n) is 15.4. The average Bonchev–Trinajstić information content (AvgIpc) is 2.66. The lowest BCUT2D eigenvalue weighted by Crippen LogP contribution is -2.48. The number of benzene rings is 2. The van der Waals surface area contributed by atoms with Crippen LogP contribution in [0.3, 0.4) is 0 Å². The number of rotatable bonds is 7. The number of ether oxygens (including phenoxy) is 2. The monoisotopic (exact) mass is 354 g/mol. The van der Waals surface area contributed by atoms with E-state index in [1.165, 1.54) is 12.0 Å². The number of amides is 2. The first kappa shape index (κ1) is 18.1. The summed E-state index contributed by atoms with van der Waals surface area (Å²) < 4.78 is 10.5. The molecule has 1 saturated carbocycles. The van der Waals surface area contributed by atoms with Crippen molar-refractivity contribution in [3.8, 4) is 11.5 Å². The van der Waals surface area contributed by atoms with Crippen LogP contribution >= 0.6 is 0 Å². The lowest BCUT2D eigenvalue weighted by Gasteiger charge is -2.42. The second kappa shape index (κ2) is 8.13.